The van der Waals surface area contributed by atoms with Crippen molar-refractivity contribution in [2.75, 3.05) is 0 Å². The van der Waals surface area contributed by atoms with E-state index in [0.29, 0.717) is 0 Å². The second-order valence-corrected chi connectivity index (χ2v) is 11.8. The first-order valence-corrected chi connectivity index (χ1v) is 15.2. The largest absolute Gasteiger partial charge is 0.504 e. The van der Waals surface area contributed by atoms with Gasteiger partial charge in [0, 0.05) is 29.9 Å². The highest BCUT2D eigenvalue weighted by Gasteiger charge is 2.46. The van der Waals surface area contributed by atoms with Crippen molar-refractivity contribution in [3.8, 4) is 46.0 Å². The summed E-state index contributed by atoms with van der Waals surface area (Å²) in [5.41, 5.74) is -0.735. The zero-order valence-corrected chi connectivity index (χ0v) is 26.6. The minimum absolute atomic E-state index is 0.0749. The van der Waals surface area contributed by atoms with Gasteiger partial charge in [-0.1, -0.05) is 24.3 Å². The van der Waals surface area contributed by atoms with E-state index >= 15 is 0 Å². The molecule has 1 aliphatic rings. The third-order valence-corrected chi connectivity index (χ3v) is 8.35. The van der Waals surface area contributed by atoms with Crippen LogP contribution in [-0.4, -0.2) is 87.2 Å². The van der Waals surface area contributed by atoms with Crippen molar-refractivity contribution in [1.82, 2.24) is 0 Å². The summed E-state index contributed by atoms with van der Waals surface area (Å²) in [5, 5.41) is 101. The number of hydrogen-bond donors (Lipinski definition) is 10. The highest BCUT2D eigenvalue weighted by atomic mass is 16.6. The van der Waals surface area contributed by atoms with E-state index in [1.165, 1.54) is 24.3 Å². The van der Waals surface area contributed by atoms with E-state index in [9.17, 15) is 70.2 Å². The average Bonchev–Trinajstić information content (AvgIpc) is 3.09. The molecule has 5 rings (SSSR count). The van der Waals surface area contributed by atoms with E-state index in [0.717, 1.165) is 48.5 Å². The first-order valence-electron chi connectivity index (χ1n) is 15.2. The van der Waals surface area contributed by atoms with E-state index in [1.54, 1.807) is 0 Å². The summed E-state index contributed by atoms with van der Waals surface area (Å²) in [6, 6.07) is 12.1. The molecule has 0 aromatic heterocycles. The van der Waals surface area contributed by atoms with Crippen molar-refractivity contribution in [3.05, 3.63) is 100 Å². The van der Waals surface area contributed by atoms with E-state index in [-0.39, 0.29) is 27.8 Å². The van der Waals surface area contributed by atoms with Crippen molar-refractivity contribution in [2.45, 2.75) is 36.9 Å². The van der Waals surface area contributed by atoms with E-state index < -0.39 is 112 Å². The molecule has 0 aliphatic heterocycles. The van der Waals surface area contributed by atoms with Crippen LogP contribution < -0.4 is 0 Å². The Morgan fingerprint density at radius 2 is 1.06 bits per heavy atom. The Balaban J connectivity index is 1.61. The van der Waals surface area contributed by atoms with Gasteiger partial charge in [-0.3, -0.25) is 4.79 Å². The minimum atomic E-state index is -1.97. The molecule has 0 unspecified atom stereocenters. The Kier molecular flexibility index (Phi) is 10.0. The van der Waals surface area contributed by atoms with Crippen LogP contribution >= 0.6 is 0 Å². The van der Waals surface area contributed by atoms with Crippen LogP contribution in [0.4, 0.5) is 0 Å². The van der Waals surface area contributed by atoms with Crippen molar-refractivity contribution in [1.29, 1.82) is 0 Å². The number of aromatic hydroxyl groups is 8. The lowest BCUT2D eigenvalue weighted by atomic mass is 9.71. The molecule has 16 nitrogen and oxygen atoms in total. The molecule has 0 bridgehead atoms. The second-order valence-electron chi connectivity index (χ2n) is 11.8. The smallest absolute Gasteiger partial charge is 0.345 e. The highest BCUT2D eigenvalue weighted by molar-refractivity contribution is 6.01. The highest BCUT2D eigenvalue weighted by Crippen LogP contribution is 2.52. The summed E-state index contributed by atoms with van der Waals surface area (Å²) in [6.07, 6.45) is -3.80. The van der Waals surface area contributed by atoms with Crippen LogP contribution in [-0.2, 0) is 41.5 Å². The monoisotopic (exact) mass is 718 g/mol. The molecule has 0 amide bonds. The van der Waals surface area contributed by atoms with Gasteiger partial charge >= 0.3 is 23.9 Å². The predicted octanol–water partition coefficient (Wildman–Crippen LogP) is 3.07. The topological polar surface area (TPSA) is 289 Å². The number of benzene rings is 4. The molecule has 0 fully saturated rings. The molecule has 4 aromatic carbocycles. The van der Waals surface area contributed by atoms with Crippen molar-refractivity contribution in [2.24, 2.45) is 0 Å². The van der Waals surface area contributed by atoms with Crippen molar-refractivity contribution < 1.29 is 79.7 Å². The number of aliphatic carboxylic acids is 2. The van der Waals surface area contributed by atoms with Crippen LogP contribution in [0, 0.1) is 0 Å². The lowest BCUT2D eigenvalue weighted by Gasteiger charge is -2.34. The lowest BCUT2D eigenvalue weighted by Crippen LogP contribution is -2.37. The molecule has 4 atom stereocenters. The summed E-state index contributed by atoms with van der Waals surface area (Å²) in [4.78, 5) is 52.7. The van der Waals surface area contributed by atoms with Gasteiger partial charge in [-0.25, -0.2) is 14.4 Å². The van der Waals surface area contributed by atoms with Crippen molar-refractivity contribution in [3.63, 3.8) is 0 Å². The van der Waals surface area contributed by atoms with E-state index in [4.69, 9.17) is 9.47 Å². The van der Waals surface area contributed by atoms with E-state index in [2.05, 4.69) is 0 Å². The van der Waals surface area contributed by atoms with E-state index in [1.807, 2.05) is 0 Å². The maximum atomic E-state index is 14.2. The zero-order chi connectivity index (χ0) is 38.0. The number of fused-ring (bicyclic) bond motifs is 1. The second kappa shape index (κ2) is 14.4. The quantitative estimate of drug-likeness (QED) is 0.0787. The van der Waals surface area contributed by atoms with Crippen LogP contribution in [0.3, 0.4) is 0 Å². The molecule has 16 heteroatoms. The Bertz CT molecular complexity index is 2120. The number of phenols is 8. The molecule has 1 aliphatic carbocycles. The third-order valence-electron chi connectivity index (χ3n) is 8.35. The number of carboxylic acid groups (broad SMARTS) is 2. The standard InChI is InChI=1S/C36H30O16/c37-20-5-1-15(9-24(20)41)11-27(33(45)46)51-35(49)19-13-17-4-8-23(40)32(44)30(17)31(29(19)18-3-7-22(39)26(43)14-18)36(50)52-28(34(47)48)12-16-2-6-21(38)25(42)10-16/h1-10,13-14,27-29,31,37-44H,11-12H2,(H,45,46)(H,47,48)/t27-,28+,29-,31-/m1/s1. The summed E-state index contributed by atoms with van der Waals surface area (Å²) >= 11 is 0. The molecule has 0 saturated carbocycles. The van der Waals surface area contributed by atoms with Gasteiger partial charge in [0.1, 0.15) is 0 Å². The van der Waals surface area contributed by atoms with Crippen molar-refractivity contribution >= 4 is 30.0 Å². The van der Waals surface area contributed by atoms with Crippen LogP contribution in [0.15, 0.2) is 72.3 Å². The maximum absolute atomic E-state index is 14.2. The lowest BCUT2D eigenvalue weighted by molar-refractivity contribution is -0.165. The molecular formula is C36H30O16. The molecule has 4 aromatic rings. The molecule has 270 valence electrons. The normalized spacial score (nSPS) is 16.1. The third kappa shape index (κ3) is 7.40. The summed E-state index contributed by atoms with van der Waals surface area (Å²) in [6.45, 7) is 0. The number of rotatable bonds is 11. The number of carbonyl (C=O) groups is 4. The van der Waals surface area contributed by atoms with Gasteiger partial charge in [0.2, 0.25) is 12.2 Å². The molecule has 0 heterocycles. The molecule has 0 radical (unpaired) electrons. The maximum Gasteiger partial charge on any atom is 0.345 e. The number of phenolic OH excluding ortho intramolecular Hbond substituents is 8. The SMILES string of the molecule is O=C(O[C@H](Cc1ccc(O)c(O)c1)C(=O)O)C1=Cc2ccc(O)c(O)c2[C@H](C(=O)O[C@@H](Cc2ccc(O)c(O)c2)C(=O)O)[C@@H]1c1ccc(O)c(O)c1. The summed E-state index contributed by atoms with van der Waals surface area (Å²) in [5.74, 6) is -14.6. The van der Waals surface area contributed by atoms with Crippen LogP contribution in [0.5, 0.6) is 46.0 Å². The van der Waals surface area contributed by atoms with Crippen LogP contribution in [0.1, 0.15) is 39.7 Å². The van der Waals surface area contributed by atoms with Gasteiger partial charge in [0.15, 0.2) is 46.0 Å². The molecule has 10 N–H and O–H groups in total. The van der Waals surface area contributed by atoms with Gasteiger partial charge in [0.25, 0.3) is 0 Å². The van der Waals surface area contributed by atoms with Gasteiger partial charge < -0.3 is 60.5 Å². The number of carbonyl (C=O) groups excluding carboxylic acids is 2. The van der Waals surface area contributed by atoms with Crippen LogP contribution in [0.2, 0.25) is 0 Å². The molecule has 0 saturated heterocycles. The van der Waals surface area contributed by atoms with Crippen LogP contribution in [0.25, 0.3) is 6.08 Å². The fourth-order valence-electron chi connectivity index (χ4n) is 5.80. The molecular weight excluding hydrogens is 688 g/mol. The Morgan fingerprint density at radius 1 is 0.577 bits per heavy atom. The Morgan fingerprint density at radius 3 is 1.56 bits per heavy atom. The van der Waals surface area contributed by atoms with Gasteiger partial charge in [-0.15, -0.1) is 0 Å². The summed E-state index contributed by atoms with van der Waals surface area (Å²) < 4.78 is 10.8. The van der Waals surface area contributed by atoms with Gasteiger partial charge in [-0.2, -0.15) is 0 Å². The van der Waals surface area contributed by atoms with Gasteiger partial charge in [-0.05, 0) is 70.8 Å². The number of esters is 2. The first-order chi connectivity index (χ1) is 24.5. The minimum Gasteiger partial charge on any atom is -0.504 e. The molecule has 0 spiro atoms. The summed E-state index contributed by atoms with van der Waals surface area (Å²) in [7, 11) is 0. The zero-order valence-electron chi connectivity index (χ0n) is 26.6. The molecule has 52 heavy (non-hydrogen) atoms. The fourth-order valence-corrected chi connectivity index (χ4v) is 5.80. The van der Waals surface area contributed by atoms with Gasteiger partial charge in [0.05, 0.1) is 5.92 Å². The Labute approximate surface area is 292 Å². The fraction of sp³-hybridized carbons (Fsp3) is 0.167. The number of ether oxygens (including phenoxy) is 2. The number of hydrogen-bond acceptors (Lipinski definition) is 14. The average molecular weight is 719 g/mol. The Hall–Kier alpha value is -7.10. The first kappa shape index (κ1) is 36.2. The predicted molar refractivity (Wildman–Crippen MR) is 175 cm³/mol. The number of carboxylic acids is 2.